The van der Waals surface area contributed by atoms with Crippen LogP contribution >= 0.6 is 12.2 Å². The molecule has 0 unspecified atom stereocenters. The number of unbranched alkanes of at least 4 members (excludes halogenated alkanes) is 34. The van der Waals surface area contributed by atoms with E-state index < -0.39 is 72.5 Å². The summed E-state index contributed by atoms with van der Waals surface area (Å²) in [5.74, 6) is 0. The van der Waals surface area contributed by atoms with Gasteiger partial charge in [0.05, 0.1) is 36.1 Å². The molecule has 422 valence electrons. The molecule has 8 atom stereocenters. The molecule has 1 heterocycles. The molecule has 2 rings (SSSR count). The molecule has 0 amide bonds. The topological polar surface area (TPSA) is 153 Å². The molecule has 1 aromatic rings. The van der Waals surface area contributed by atoms with Crippen LogP contribution in [0.5, 0.6) is 0 Å². The lowest BCUT2D eigenvalue weighted by Crippen LogP contribution is -2.60. The van der Waals surface area contributed by atoms with Gasteiger partial charge in [0.1, 0.15) is 31.0 Å². The van der Waals surface area contributed by atoms with Crippen LogP contribution in [0.1, 0.15) is 257 Å². The lowest BCUT2D eigenvalue weighted by atomic mass is 9.98. The largest absolute Gasteiger partial charge is 0.468 e. The number of hydrogen-bond acceptors (Lipinski definition) is 10. The van der Waals surface area contributed by atoms with Crippen LogP contribution in [0.2, 0.25) is 0 Å². The second-order valence-corrected chi connectivity index (χ2v) is 21.4. The van der Waals surface area contributed by atoms with Crippen molar-refractivity contribution >= 4 is 23.1 Å². The van der Waals surface area contributed by atoms with E-state index in [9.17, 15) is 38.7 Å². The minimum absolute atomic E-state index is 0.192. The van der Waals surface area contributed by atoms with Crippen molar-refractivity contribution in [3.8, 4) is 0 Å². The van der Waals surface area contributed by atoms with E-state index in [0.29, 0.717) is 13.0 Å². The van der Waals surface area contributed by atoms with Gasteiger partial charge in [-0.05, 0) is 43.7 Å². The van der Waals surface area contributed by atoms with Crippen LogP contribution in [0.4, 0.5) is 18.9 Å². The van der Waals surface area contributed by atoms with Gasteiger partial charge in [0.15, 0.2) is 6.29 Å². The molecule has 0 aliphatic carbocycles. The molecule has 14 heteroatoms. The van der Waals surface area contributed by atoms with Crippen LogP contribution in [-0.2, 0) is 20.4 Å². The molecule has 7 N–H and O–H groups in total. The van der Waals surface area contributed by atoms with Gasteiger partial charge in [-0.15, -0.1) is 0 Å². The van der Waals surface area contributed by atoms with E-state index >= 15 is 0 Å². The molecule has 72 heavy (non-hydrogen) atoms. The molecule has 1 aliphatic rings. The van der Waals surface area contributed by atoms with Gasteiger partial charge in [0.25, 0.3) is 5.17 Å². The summed E-state index contributed by atoms with van der Waals surface area (Å²) in [6, 6.07) is 4.03. The summed E-state index contributed by atoms with van der Waals surface area (Å²) < 4.78 is 57.8. The summed E-state index contributed by atoms with van der Waals surface area (Å²) in [6.45, 7) is 4.42. The van der Waals surface area contributed by atoms with E-state index in [0.717, 1.165) is 51.0 Å². The predicted octanol–water partition coefficient (Wildman–Crippen LogP) is 14.4. The van der Waals surface area contributed by atoms with E-state index in [4.69, 9.17) is 26.4 Å². The van der Waals surface area contributed by atoms with Crippen molar-refractivity contribution < 1.29 is 52.9 Å². The average molecular weight is 1050 g/mol. The molecule has 1 saturated heterocycles. The third-order valence-electron chi connectivity index (χ3n) is 14.6. The fourth-order valence-electron chi connectivity index (χ4n) is 9.82. The average Bonchev–Trinajstić information content (AvgIpc) is 3.36. The fraction of sp³-hybridized carbons (Fsp3) is 0.879. The summed E-state index contributed by atoms with van der Waals surface area (Å²) in [4.78, 5) is 0. The van der Waals surface area contributed by atoms with Crippen LogP contribution in [0.3, 0.4) is 0 Å². The van der Waals surface area contributed by atoms with Crippen LogP contribution in [0.15, 0.2) is 24.3 Å². The molecule has 1 fully saturated rings. The zero-order valence-corrected chi connectivity index (χ0v) is 46.0. The van der Waals surface area contributed by atoms with Gasteiger partial charge in [0, 0.05) is 0 Å². The van der Waals surface area contributed by atoms with Gasteiger partial charge in [0.2, 0.25) is 0 Å². The van der Waals surface area contributed by atoms with Crippen LogP contribution in [-0.4, -0.2) is 99.4 Å². The number of aliphatic hydroxyl groups excluding tert-OH is 5. The van der Waals surface area contributed by atoms with E-state index in [1.165, 1.54) is 204 Å². The summed E-state index contributed by atoms with van der Waals surface area (Å²) >= 11 is 5.12. The monoisotopic (exact) mass is 1050 g/mol. The van der Waals surface area contributed by atoms with Crippen molar-refractivity contribution in [3.05, 3.63) is 29.8 Å². The summed E-state index contributed by atoms with van der Waals surface area (Å²) in [7, 11) is 0. The number of hydrogen-bond donors (Lipinski definition) is 7. The molecule has 0 saturated carbocycles. The Balaban J connectivity index is 1.73. The minimum atomic E-state index is -4.64. The summed E-state index contributed by atoms with van der Waals surface area (Å²) in [5.41, 5.74) is -1.26. The highest BCUT2D eigenvalue weighted by atomic mass is 32.1. The highest BCUT2D eigenvalue weighted by molar-refractivity contribution is 7.80. The Kier molecular flexibility index (Phi) is 40.2. The highest BCUT2D eigenvalue weighted by Gasteiger charge is 2.45. The standard InChI is InChI=1S/C58H105F3N2O8S/c1-3-5-7-9-11-13-15-17-18-19-20-21-22-23-24-25-26-27-28-30-32-34-36-40-44-62-49(52(65)50(64)43-37-35-33-31-29-16-14-12-10-8-6-4-2)45-69-56-55(68)54(67)53(66)51(71-56)46-70-57(72)63-48-42-39-38-41-47(48)58(59,60)61/h38-39,41-42,49-56,62,64-68H,3-37,40,43-46H2,1-2H3,(H,63,72)/t49-,50+,51+,52-,53-,54-,55+,56+/m0/s1. The molecule has 0 radical (unpaired) electrons. The smallest absolute Gasteiger partial charge is 0.418 e. The third kappa shape index (κ3) is 32.1. The Morgan fingerprint density at radius 3 is 1.42 bits per heavy atom. The molecule has 0 aromatic heterocycles. The maximum absolute atomic E-state index is 13.5. The van der Waals surface area contributed by atoms with Crippen molar-refractivity contribution in [2.75, 3.05) is 25.1 Å². The van der Waals surface area contributed by atoms with Crippen LogP contribution in [0.25, 0.3) is 0 Å². The number of halogens is 3. The number of nitrogens with one attached hydrogen (secondary N) is 2. The van der Waals surface area contributed by atoms with E-state index in [2.05, 4.69) is 24.5 Å². The normalized spacial score (nSPS) is 19.6. The Labute approximate surface area is 441 Å². The zero-order chi connectivity index (χ0) is 52.5. The van der Waals surface area contributed by atoms with Gasteiger partial charge in [-0.1, -0.05) is 251 Å². The maximum Gasteiger partial charge on any atom is 0.418 e. The zero-order valence-electron chi connectivity index (χ0n) is 45.2. The van der Waals surface area contributed by atoms with Crippen molar-refractivity contribution in [3.63, 3.8) is 0 Å². The van der Waals surface area contributed by atoms with E-state index in [1.807, 2.05) is 0 Å². The van der Waals surface area contributed by atoms with E-state index in [1.54, 1.807) is 0 Å². The quantitative estimate of drug-likeness (QED) is 0.0247. The number of rotatable bonds is 47. The van der Waals surface area contributed by atoms with Gasteiger partial charge in [-0.3, -0.25) is 0 Å². The molecule has 0 spiro atoms. The fourth-order valence-corrected chi connectivity index (χ4v) is 10.00. The van der Waals surface area contributed by atoms with Crippen molar-refractivity contribution in [1.29, 1.82) is 0 Å². The minimum Gasteiger partial charge on any atom is -0.468 e. The molecule has 1 aliphatic heterocycles. The van der Waals surface area contributed by atoms with Gasteiger partial charge < -0.3 is 50.4 Å². The first-order chi connectivity index (χ1) is 34.9. The number of anilines is 1. The predicted molar refractivity (Wildman–Crippen MR) is 292 cm³/mol. The first kappa shape index (κ1) is 66.5. The first-order valence-corrected chi connectivity index (χ1v) is 29.8. The Morgan fingerprint density at radius 2 is 0.986 bits per heavy atom. The van der Waals surface area contributed by atoms with Gasteiger partial charge in [-0.2, -0.15) is 13.2 Å². The molecule has 1 aromatic carbocycles. The number of ether oxygens (including phenoxy) is 3. The van der Waals surface area contributed by atoms with Crippen molar-refractivity contribution in [1.82, 2.24) is 5.32 Å². The number of para-hydroxylation sites is 1. The second kappa shape index (κ2) is 43.5. The molecule has 0 bridgehead atoms. The van der Waals surface area contributed by atoms with E-state index in [-0.39, 0.29) is 12.3 Å². The van der Waals surface area contributed by atoms with Crippen molar-refractivity contribution in [2.24, 2.45) is 0 Å². The first-order valence-electron chi connectivity index (χ1n) is 29.4. The van der Waals surface area contributed by atoms with Crippen molar-refractivity contribution in [2.45, 2.75) is 307 Å². The maximum atomic E-state index is 13.5. The lowest BCUT2D eigenvalue weighted by molar-refractivity contribution is -0.302. The SMILES string of the molecule is CCCCCCCCCCCCCCCCCCCCCCCCCCN[C@@H](CO[C@@H]1O[C@H](COC(=S)Nc2ccccc2C(F)(F)F)[C@H](O)[C@H](O)[C@H]1O)[C@H](O)[C@H](O)CCCCCCCCCCCCCC. The molecular weight excluding hydrogens is 942 g/mol. The number of aliphatic hydroxyl groups is 5. The van der Waals surface area contributed by atoms with Gasteiger partial charge in [-0.25, -0.2) is 0 Å². The van der Waals surface area contributed by atoms with Gasteiger partial charge >= 0.3 is 6.18 Å². The second-order valence-electron chi connectivity index (χ2n) is 21.0. The summed E-state index contributed by atoms with van der Waals surface area (Å²) in [5, 5.41) is 60.2. The Morgan fingerprint density at radius 1 is 0.583 bits per heavy atom. The van der Waals surface area contributed by atoms with Crippen LogP contribution in [0, 0.1) is 0 Å². The summed E-state index contributed by atoms with van der Waals surface area (Å²) in [6.07, 6.45) is 31.8. The van der Waals surface area contributed by atoms with Crippen LogP contribution < -0.4 is 10.6 Å². The Bertz CT molecular complexity index is 1420. The number of thiocarbonyl (C=S) groups is 1. The number of benzene rings is 1. The molecular formula is C58H105F3N2O8S. The molecule has 10 nitrogen and oxygen atoms in total. The Hall–Kier alpha value is -1.62. The highest BCUT2D eigenvalue weighted by Crippen LogP contribution is 2.35. The number of alkyl halides is 3. The third-order valence-corrected chi connectivity index (χ3v) is 14.8. The lowest BCUT2D eigenvalue weighted by Gasteiger charge is -2.40.